The summed E-state index contributed by atoms with van der Waals surface area (Å²) in [7, 11) is 0. The third-order valence-electron chi connectivity index (χ3n) is 6.38. The molecule has 38 heavy (non-hydrogen) atoms. The number of nitrogens with zero attached hydrogens (tertiary/aromatic N) is 1. The number of hydrogen-bond acceptors (Lipinski definition) is 6. The van der Waals surface area contributed by atoms with Crippen LogP contribution in [0.4, 0.5) is 5.69 Å². The van der Waals surface area contributed by atoms with Crippen LogP contribution in [-0.2, 0) is 19.6 Å². The minimum Gasteiger partial charge on any atom is -0.491 e. The quantitative estimate of drug-likeness (QED) is 0.213. The van der Waals surface area contributed by atoms with Gasteiger partial charge in [0, 0.05) is 25.2 Å². The van der Waals surface area contributed by atoms with E-state index in [2.05, 4.69) is 29.2 Å². The summed E-state index contributed by atoms with van der Waals surface area (Å²) in [6.07, 6.45) is -0.0857. The van der Waals surface area contributed by atoms with Crippen molar-refractivity contribution >= 4 is 5.69 Å². The topological polar surface area (TPSA) is 88.2 Å². The molecule has 0 aliphatic heterocycles. The molecule has 2 atom stereocenters. The van der Waals surface area contributed by atoms with E-state index in [9.17, 15) is 10.2 Å². The summed E-state index contributed by atoms with van der Waals surface area (Å²) in [6.45, 7) is 1.46. The largest absolute Gasteiger partial charge is 0.491 e. The lowest BCUT2D eigenvalue weighted by molar-refractivity contribution is 0.0335. The van der Waals surface area contributed by atoms with Gasteiger partial charge in [0.1, 0.15) is 30.8 Å². The monoisotopic (exact) mass is 512 g/mol. The van der Waals surface area contributed by atoms with Crippen molar-refractivity contribution in [3.8, 4) is 11.5 Å². The van der Waals surface area contributed by atoms with Crippen LogP contribution in [0, 0.1) is 0 Å². The maximum atomic E-state index is 10.9. The number of nitrogen functional groups attached to an aromatic ring is 1. The molecule has 6 nitrogen and oxygen atoms in total. The summed E-state index contributed by atoms with van der Waals surface area (Å²) in [5.74, 6) is 1.15. The van der Waals surface area contributed by atoms with Crippen LogP contribution >= 0.6 is 0 Å². The molecule has 0 radical (unpaired) electrons. The summed E-state index contributed by atoms with van der Waals surface area (Å²) in [5, 5.41) is 21.1. The number of nitrogens with two attached hydrogens (primary N) is 1. The van der Waals surface area contributed by atoms with Gasteiger partial charge in [-0.3, -0.25) is 4.90 Å². The van der Waals surface area contributed by atoms with Crippen molar-refractivity contribution in [3.05, 3.63) is 126 Å². The number of aliphatic hydroxyl groups is 2. The molecule has 6 heteroatoms. The lowest BCUT2D eigenvalue weighted by Gasteiger charge is -2.32. The average Bonchev–Trinajstić information content (AvgIpc) is 2.95. The van der Waals surface area contributed by atoms with E-state index in [1.807, 2.05) is 66.7 Å². The van der Waals surface area contributed by atoms with Crippen LogP contribution in [0.3, 0.4) is 0 Å². The van der Waals surface area contributed by atoms with Gasteiger partial charge in [0.15, 0.2) is 0 Å². The Balaban J connectivity index is 1.35. The van der Waals surface area contributed by atoms with Gasteiger partial charge < -0.3 is 25.4 Å². The Bertz CT molecular complexity index is 1220. The molecule has 0 fully saturated rings. The van der Waals surface area contributed by atoms with E-state index < -0.39 is 6.10 Å². The molecule has 0 aliphatic rings. The first-order valence-corrected chi connectivity index (χ1v) is 12.9. The number of aliphatic hydroxyl groups excluding tert-OH is 2. The second-order valence-electron chi connectivity index (χ2n) is 9.38. The molecule has 0 bridgehead atoms. The van der Waals surface area contributed by atoms with Crippen LogP contribution in [-0.4, -0.2) is 47.0 Å². The summed E-state index contributed by atoms with van der Waals surface area (Å²) in [6, 6.07) is 35.2. The van der Waals surface area contributed by atoms with Crippen LogP contribution in [0.5, 0.6) is 11.5 Å². The van der Waals surface area contributed by atoms with Gasteiger partial charge in [-0.2, -0.15) is 0 Å². The Hall–Kier alpha value is -3.84. The maximum absolute atomic E-state index is 10.9. The van der Waals surface area contributed by atoms with Gasteiger partial charge in [0.2, 0.25) is 0 Å². The molecule has 0 heterocycles. The number of ether oxygens (including phenoxy) is 2. The smallest absolute Gasteiger partial charge is 0.142 e. The van der Waals surface area contributed by atoms with Crippen molar-refractivity contribution in [2.75, 3.05) is 25.5 Å². The van der Waals surface area contributed by atoms with Crippen LogP contribution < -0.4 is 15.2 Å². The molecule has 0 saturated heterocycles. The number of rotatable bonds is 14. The highest BCUT2D eigenvalue weighted by Gasteiger charge is 2.22. The fourth-order valence-electron chi connectivity index (χ4n) is 4.35. The first-order chi connectivity index (χ1) is 18.6. The van der Waals surface area contributed by atoms with E-state index in [1.165, 1.54) is 0 Å². The van der Waals surface area contributed by atoms with Gasteiger partial charge in [0.05, 0.1) is 12.3 Å². The number of anilines is 1. The third-order valence-corrected chi connectivity index (χ3v) is 6.38. The van der Waals surface area contributed by atoms with Crippen LogP contribution in [0.15, 0.2) is 109 Å². The van der Waals surface area contributed by atoms with Crippen molar-refractivity contribution < 1.29 is 19.7 Å². The molecule has 4 N–H and O–H groups in total. The Labute approximate surface area is 224 Å². The second-order valence-corrected chi connectivity index (χ2v) is 9.38. The Morgan fingerprint density at radius 2 is 1.34 bits per heavy atom. The van der Waals surface area contributed by atoms with E-state index in [0.717, 1.165) is 16.7 Å². The molecule has 2 unspecified atom stereocenters. The van der Waals surface area contributed by atoms with E-state index in [1.54, 1.807) is 18.2 Å². The third kappa shape index (κ3) is 8.35. The Morgan fingerprint density at radius 1 is 0.737 bits per heavy atom. The predicted molar refractivity (Wildman–Crippen MR) is 151 cm³/mol. The number of benzene rings is 4. The van der Waals surface area contributed by atoms with Crippen molar-refractivity contribution in [1.82, 2.24) is 4.90 Å². The summed E-state index contributed by atoms with van der Waals surface area (Å²) < 4.78 is 11.7. The Morgan fingerprint density at radius 3 is 1.95 bits per heavy atom. The molecule has 4 aromatic rings. The van der Waals surface area contributed by atoms with Crippen molar-refractivity contribution in [3.63, 3.8) is 0 Å². The highest BCUT2D eigenvalue weighted by Crippen LogP contribution is 2.27. The lowest BCUT2D eigenvalue weighted by atomic mass is 10.0. The van der Waals surface area contributed by atoms with Crippen molar-refractivity contribution in [2.24, 2.45) is 0 Å². The molecular weight excluding hydrogens is 476 g/mol. The highest BCUT2D eigenvalue weighted by molar-refractivity contribution is 5.56. The molecule has 4 rings (SSSR count). The van der Waals surface area contributed by atoms with Crippen LogP contribution in [0.25, 0.3) is 0 Å². The lowest BCUT2D eigenvalue weighted by Crippen LogP contribution is -2.44. The molecular formula is C32H36N2O4. The van der Waals surface area contributed by atoms with E-state index in [0.29, 0.717) is 43.3 Å². The van der Waals surface area contributed by atoms with E-state index >= 15 is 0 Å². The second kappa shape index (κ2) is 14.2. The van der Waals surface area contributed by atoms with Gasteiger partial charge in [-0.05, 0) is 35.2 Å². The SMILES string of the molecule is Nc1cc(OCC(O)CN(Cc2ccccc2)C(CO)Cc2ccccc2)ccc1OCc1ccccc1. The van der Waals surface area contributed by atoms with E-state index in [-0.39, 0.29) is 19.3 Å². The predicted octanol–water partition coefficient (Wildman–Crippen LogP) is 4.69. The maximum Gasteiger partial charge on any atom is 0.142 e. The minimum atomic E-state index is -0.765. The number of hydrogen-bond donors (Lipinski definition) is 3. The van der Waals surface area contributed by atoms with E-state index in [4.69, 9.17) is 15.2 Å². The standard InChI is InChI=1S/C32H36N2O4/c33-31-19-30(16-17-32(31)38-23-27-14-8-3-9-15-27)37-24-29(36)21-34(20-26-12-6-2-7-13-26)28(22-35)18-25-10-4-1-5-11-25/h1-17,19,28-29,35-36H,18,20-24,33H2. The molecule has 0 aromatic heterocycles. The molecule has 0 saturated carbocycles. The first-order valence-electron chi connectivity index (χ1n) is 12.9. The summed E-state index contributed by atoms with van der Waals surface area (Å²) in [5.41, 5.74) is 9.98. The van der Waals surface area contributed by atoms with Crippen molar-refractivity contribution in [1.29, 1.82) is 0 Å². The molecule has 0 spiro atoms. The van der Waals surface area contributed by atoms with Gasteiger partial charge >= 0.3 is 0 Å². The zero-order valence-electron chi connectivity index (χ0n) is 21.5. The van der Waals surface area contributed by atoms with Gasteiger partial charge in [0.25, 0.3) is 0 Å². The van der Waals surface area contributed by atoms with Gasteiger partial charge in [-0.1, -0.05) is 91.0 Å². The summed E-state index contributed by atoms with van der Waals surface area (Å²) >= 11 is 0. The zero-order valence-corrected chi connectivity index (χ0v) is 21.5. The molecule has 4 aromatic carbocycles. The minimum absolute atomic E-state index is 0.0176. The molecule has 198 valence electrons. The van der Waals surface area contributed by atoms with Gasteiger partial charge in [-0.15, -0.1) is 0 Å². The van der Waals surface area contributed by atoms with Crippen LogP contribution in [0.2, 0.25) is 0 Å². The zero-order chi connectivity index (χ0) is 26.6. The highest BCUT2D eigenvalue weighted by atomic mass is 16.5. The summed E-state index contributed by atoms with van der Waals surface area (Å²) in [4.78, 5) is 2.12. The fraction of sp³-hybridized carbons (Fsp3) is 0.250. The van der Waals surface area contributed by atoms with Crippen molar-refractivity contribution in [2.45, 2.75) is 31.7 Å². The average molecular weight is 513 g/mol. The molecule has 0 aliphatic carbocycles. The first kappa shape index (κ1) is 27.2. The molecule has 0 amide bonds. The van der Waals surface area contributed by atoms with Gasteiger partial charge in [-0.25, -0.2) is 0 Å². The fourth-order valence-corrected chi connectivity index (χ4v) is 4.35. The Kier molecular flexibility index (Phi) is 10.2. The van der Waals surface area contributed by atoms with Crippen LogP contribution in [0.1, 0.15) is 16.7 Å². The normalized spacial score (nSPS) is 12.7.